The van der Waals surface area contributed by atoms with Crippen molar-refractivity contribution in [2.45, 2.75) is 45.1 Å². The van der Waals surface area contributed by atoms with Gasteiger partial charge in [-0.25, -0.2) is 4.98 Å². The van der Waals surface area contributed by atoms with Crippen LogP contribution in [0.1, 0.15) is 43.0 Å². The Morgan fingerprint density at radius 2 is 2.32 bits per heavy atom. The summed E-state index contributed by atoms with van der Waals surface area (Å²) in [6.45, 7) is 3.20. The lowest BCUT2D eigenvalue weighted by atomic mass is 10.1. The molecule has 0 spiro atoms. The van der Waals surface area contributed by atoms with Crippen LogP contribution >= 0.6 is 0 Å². The van der Waals surface area contributed by atoms with Gasteiger partial charge in [-0.3, -0.25) is 0 Å². The Labute approximate surface area is 113 Å². The summed E-state index contributed by atoms with van der Waals surface area (Å²) in [6.07, 6.45) is 5.59. The largest absolute Gasteiger partial charge is 0.409 e. The Bertz CT molecular complexity index is 526. The minimum Gasteiger partial charge on any atom is -0.409 e. The van der Waals surface area contributed by atoms with E-state index in [1.165, 1.54) is 24.1 Å². The number of pyridine rings is 1. The number of oxime groups is 1. The van der Waals surface area contributed by atoms with Crippen LogP contribution in [-0.4, -0.2) is 28.6 Å². The summed E-state index contributed by atoms with van der Waals surface area (Å²) in [7, 11) is 0. The van der Waals surface area contributed by atoms with E-state index in [1.54, 1.807) is 0 Å². The van der Waals surface area contributed by atoms with Gasteiger partial charge in [0.15, 0.2) is 5.84 Å². The first-order valence-corrected chi connectivity index (χ1v) is 6.98. The lowest BCUT2D eigenvalue weighted by molar-refractivity contribution is 0.318. The lowest BCUT2D eigenvalue weighted by Crippen LogP contribution is -2.31. The van der Waals surface area contributed by atoms with Gasteiger partial charge in [-0.05, 0) is 50.7 Å². The second-order valence-electron chi connectivity index (χ2n) is 5.49. The van der Waals surface area contributed by atoms with Crippen molar-refractivity contribution in [1.29, 1.82) is 0 Å². The molecule has 0 aromatic carbocycles. The zero-order valence-electron chi connectivity index (χ0n) is 11.3. The van der Waals surface area contributed by atoms with Crippen molar-refractivity contribution in [3.8, 4) is 0 Å². The third-order valence-corrected chi connectivity index (χ3v) is 4.24. The average Bonchev–Trinajstić information content (AvgIpc) is 3.04. The predicted molar refractivity (Wildman–Crippen MR) is 74.8 cm³/mol. The maximum atomic E-state index is 8.99. The molecule has 2 heterocycles. The molecule has 0 amide bonds. The maximum absolute atomic E-state index is 8.99. The zero-order chi connectivity index (χ0) is 13.4. The number of anilines is 1. The number of hydrogen-bond donors (Lipinski definition) is 2. The summed E-state index contributed by atoms with van der Waals surface area (Å²) in [5.41, 5.74) is 9.04. The Hall–Kier alpha value is -1.78. The predicted octanol–water partition coefficient (Wildman–Crippen LogP) is 1.65. The van der Waals surface area contributed by atoms with Crippen LogP contribution in [0.25, 0.3) is 0 Å². The number of aromatic nitrogens is 1. The SMILES string of the molecule is CC1CCCN1c1nc2c(cc1C(N)=NO)CCC2. The molecule has 1 atom stereocenters. The van der Waals surface area contributed by atoms with Gasteiger partial charge in [0.2, 0.25) is 0 Å². The molecule has 1 unspecified atom stereocenters. The van der Waals surface area contributed by atoms with Crippen molar-refractivity contribution in [3.05, 3.63) is 22.9 Å². The topological polar surface area (TPSA) is 74.7 Å². The van der Waals surface area contributed by atoms with Gasteiger partial charge in [-0.1, -0.05) is 5.16 Å². The molecule has 0 radical (unpaired) electrons. The summed E-state index contributed by atoms with van der Waals surface area (Å²) in [5.74, 6) is 1.05. The van der Waals surface area contributed by atoms with Crippen molar-refractivity contribution >= 4 is 11.7 Å². The number of nitrogens with two attached hydrogens (primary N) is 1. The molecule has 0 saturated carbocycles. The molecule has 1 saturated heterocycles. The molecule has 3 rings (SSSR count). The number of rotatable bonds is 2. The average molecular weight is 260 g/mol. The van der Waals surface area contributed by atoms with Crippen LogP contribution in [-0.2, 0) is 12.8 Å². The summed E-state index contributed by atoms with van der Waals surface area (Å²) < 4.78 is 0. The zero-order valence-corrected chi connectivity index (χ0v) is 11.3. The molecule has 5 nitrogen and oxygen atoms in total. The summed E-state index contributed by atoms with van der Waals surface area (Å²) in [4.78, 5) is 7.09. The number of amidine groups is 1. The Morgan fingerprint density at radius 3 is 3.00 bits per heavy atom. The van der Waals surface area contributed by atoms with Gasteiger partial charge in [0.1, 0.15) is 5.82 Å². The minimum absolute atomic E-state index is 0.163. The molecule has 0 bridgehead atoms. The van der Waals surface area contributed by atoms with Crippen LogP contribution in [0.5, 0.6) is 0 Å². The fourth-order valence-electron chi connectivity index (χ4n) is 3.17. The van der Waals surface area contributed by atoms with Crippen LogP contribution in [0, 0.1) is 0 Å². The first-order valence-electron chi connectivity index (χ1n) is 6.98. The molecular formula is C14H20N4O. The molecular weight excluding hydrogens is 240 g/mol. The van der Waals surface area contributed by atoms with E-state index in [-0.39, 0.29) is 5.84 Å². The molecule has 1 aromatic rings. The molecule has 2 aliphatic rings. The van der Waals surface area contributed by atoms with Crippen molar-refractivity contribution in [3.63, 3.8) is 0 Å². The summed E-state index contributed by atoms with van der Waals surface area (Å²) in [6, 6.07) is 2.53. The highest BCUT2D eigenvalue weighted by atomic mass is 16.4. The highest BCUT2D eigenvalue weighted by molar-refractivity contribution is 6.01. The highest BCUT2D eigenvalue weighted by Crippen LogP contribution is 2.31. The maximum Gasteiger partial charge on any atom is 0.173 e. The van der Waals surface area contributed by atoms with Gasteiger partial charge >= 0.3 is 0 Å². The Morgan fingerprint density at radius 1 is 1.47 bits per heavy atom. The number of hydrogen-bond acceptors (Lipinski definition) is 4. The van der Waals surface area contributed by atoms with E-state index in [2.05, 4.69) is 23.0 Å². The van der Waals surface area contributed by atoms with E-state index in [4.69, 9.17) is 15.9 Å². The van der Waals surface area contributed by atoms with Gasteiger partial charge < -0.3 is 15.8 Å². The second kappa shape index (κ2) is 4.72. The Balaban J connectivity index is 2.10. The molecule has 102 valence electrons. The van der Waals surface area contributed by atoms with Gasteiger partial charge in [-0.15, -0.1) is 0 Å². The molecule has 1 fully saturated rings. The van der Waals surface area contributed by atoms with E-state index in [1.807, 2.05) is 0 Å². The summed E-state index contributed by atoms with van der Waals surface area (Å²) >= 11 is 0. The van der Waals surface area contributed by atoms with E-state index in [0.29, 0.717) is 6.04 Å². The van der Waals surface area contributed by atoms with Gasteiger partial charge in [-0.2, -0.15) is 0 Å². The first-order chi connectivity index (χ1) is 9.20. The third-order valence-electron chi connectivity index (χ3n) is 4.24. The fraction of sp³-hybridized carbons (Fsp3) is 0.571. The second-order valence-corrected chi connectivity index (χ2v) is 5.49. The molecule has 19 heavy (non-hydrogen) atoms. The first kappa shape index (κ1) is 12.3. The van der Waals surface area contributed by atoms with Crippen LogP contribution in [0.2, 0.25) is 0 Å². The number of nitrogens with zero attached hydrogens (tertiary/aromatic N) is 3. The van der Waals surface area contributed by atoms with E-state index in [0.717, 1.165) is 37.2 Å². The van der Waals surface area contributed by atoms with Crippen molar-refractivity contribution in [2.24, 2.45) is 10.9 Å². The van der Waals surface area contributed by atoms with Gasteiger partial charge in [0.05, 0.1) is 5.56 Å². The van der Waals surface area contributed by atoms with Crippen LogP contribution in [0.3, 0.4) is 0 Å². The van der Waals surface area contributed by atoms with Crippen molar-refractivity contribution in [1.82, 2.24) is 4.98 Å². The van der Waals surface area contributed by atoms with Crippen LogP contribution in [0.15, 0.2) is 11.2 Å². The lowest BCUT2D eigenvalue weighted by Gasteiger charge is -2.25. The molecule has 1 aliphatic heterocycles. The van der Waals surface area contributed by atoms with Gasteiger partial charge in [0, 0.05) is 18.3 Å². The van der Waals surface area contributed by atoms with Crippen molar-refractivity contribution < 1.29 is 5.21 Å². The monoisotopic (exact) mass is 260 g/mol. The van der Waals surface area contributed by atoms with Gasteiger partial charge in [0.25, 0.3) is 0 Å². The standard InChI is InChI=1S/C14H20N4O/c1-9-4-3-7-18(9)14-11(13(15)17-19)8-10-5-2-6-12(10)16-14/h8-9,19H,2-7H2,1H3,(H2,15,17). The molecule has 5 heteroatoms. The van der Waals surface area contributed by atoms with E-state index >= 15 is 0 Å². The Kier molecular flexibility index (Phi) is 3.05. The normalized spacial score (nSPS) is 22.9. The highest BCUT2D eigenvalue weighted by Gasteiger charge is 2.27. The van der Waals surface area contributed by atoms with Crippen molar-refractivity contribution in [2.75, 3.05) is 11.4 Å². The van der Waals surface area contributed by atoms with Crippen LogP contribution in [0.4, 0.5) is 5.82 Å². The fourth-order valence-corrected chi connectivity index (χ4v) is 3.17. The van der Waals surface area contributed by atoms with E-state index in [9.17, 15) is 0 Å². The number of aryl methyl sites for hydroxylation is 2. The quantitative estimate of drug-likeness (QED) is 0.367. The number of fused-ring (bicyclic) bond motifs is 1. The molecule has 3 N–H and O–H groups in total. The third kappa shape index (κ3) is 2.03. The molecule has 1 aromatic heterocycles. The summed E-state index contributed by atoms with van der Waals surface area (Å²) in [5, 5.41) is 12.2. The van der Waals surface area contributed by atoms with E-state index < -0.39 is 0 Å². The van der Waals surface area contributed by atoms with Crippen LogP contribution < -0.4 is 10.6 Å². The minimum atomic E-state index is 0.163. The smallest absolute Gasteiger partial charge is 0.173 e. The molecule has 1 aliphatic carbocycles.